The van der Waals surface area contributed by atoms with Gasteiger partial charge in [0, 0.05) is 0 Å². The van der Waals surface area contributed by atoms with Crippen LogP contribution >= 0.6 is 7.82 Å². The summed E-state index contributed by atoms with van der Waals surface area (Å²) in [6, 6.07) is 0. The van der Waals surface area contributed by atoms with Crippen molar-refractivity contribution >= 4 is 15.7 Å². The van der Waals surface area contributed by atoms with Gasteiger partial charge in [0.1, 0.15) is 7.85 Å². The number of rotatable bonds is 12. The van der Waals surface area contributed by atoms with E-state index in [-0.39, 0.29) is 31.5 Å². The Morgan fingerprint density at radius 1 is 1.10 bits per heavy atom. The van der Waals surface area contributed by atoms with Crippen molar-refractivity contribution in [1.82, 2.24) is 0 Å². The number of hydrogen-bond donors (Lipinski definition) is 1. The van der Waals surface area contributed by atoms with Gasteiger partial charge in [0.15, 0.2) is 0 Å². The highest BCUT2D eigenvalue weighted by Crippen LogP contribution is 2.45. The normalized spacial score (nSPS) is 17.9. The first-order valence-electron chi connectivity index (χ1n) is 7.62. The summed E-state index contributed by atoms with van der Waals surface area (Å²) in [7, 11) is -2.23. The lowest BCUT2D eigenvalue weighted by molar-refractivity contribution is -0.0333. The summed E-state index contributed by atoms with van der Waals surface area (Å²) >= 11 is 0. The average Bonchev–Trinajstić information content (AvgIpc) is 2.38. The Hall–Kier alpha value is 0.0949. The van der Waals surface area contributed by atoms with Gasteiger partial charge in [-0.15, -0.1) is 0 Å². The molecule has 0 amide bonds. The Labute approximate surface area is 129 Å². The van der Waals surface area contributed by atoms with Gasteiger partial charge in [-0.2, -0.15) is 0 Å². The van der Waals surface area contributed by atoms with Gasteiger partial charge in [0.05, 0.1) is 37.6 Å². The van der Waals surface area contributed by atoms with E-state index in [1.54, 1.807) is 0 Å². The van der Waals surface area contributed by atoms with Gasteiger partial charge in [-0.05, 0) is 34.1 Å². The van der Waals surface area contributed by atoms with Crippen molar-refractivity contribution < 1.29 is 28.0 Å². The fourth-order valence-electron chi connectivity index (χ4n) is 1.56. The highest BCUT2D eigenvalue weighted by molar-refractivity contribution is 7.47. The standard InChI is InChI=1S/C13H30BO6P/c1-6-12(19-11(4)5)9-18-21(15,16)20-13(7-14)8-17-10(2)3/h10-13H,6-9,14H2,1-5H3,(H,15,16)/t12-,13-/m1/s1. The van der Waals surface area contributed by atoms with Crippen LogP contribution in [-0.4, -0.2) is 50.4 Å². The van der Waals surface area contributed by atoms with Gasteiger partial charge in [-0.3, -0.25) is 9.05 Å². The lowest BCUT2D eigenvalue weighted by Gasteiger charge is -2.23. The molecule has 3 atom stereocenters. The van der Waals surface area contributed by atoms with E-state index < -0.39 is 13.9 Å². The molecule has 0 aromatic carbocycles. The molecule has 0 saturated carbocycles. The van der Waals surface area contributed by atoms with Crippen LogP contribution in [0.1, 0.15) is 41.0 Å². The van der Waals surface area contributed by atoms with Crippen molar-refractivity contribution in [3.63, 3.8) is 0 Å². The minimum absolute atomic E-state index is 0.0317. The zero-order chi connectivity index (χ0) is 16.5. The Morgan fingerprint density at radius 3 is 2.14 bits per heavy atom. The molecule has 0 rings (SSSR count). The van der Waals surface area contributed by atoms with E-state index in [1.165, 1.54) is 0 Å². The predicted molar refractivity (Wildman–Crippen MR) is 85.4 cm³/mol. The second-order valence-corrected chi connectivity index (χ2v) is 6.90. The number of ether oxygens (including phenoxy) is 2. The summed E-state index contributed by atoms with van der Waals surface area (Å²) in [6.45, 7) is 9.85. The summed E-state index contributed by atoms with van der Waals surface area (Å²) in [5, 5.41) is 0. The highest BCUT2D eigenvalue weighted by Gasteiger charge is 2.27. The predicted octanol–water partition coefficient (Wildman–Crippen LogP) is 2.17. The molecule has 0 aromatic rings. The van der Waals surface area contributed by atoms with Crippen LogP contribution in [0.15, 0.2) is 0 Å². The molecule has 6 nitrogen and oxygen atoms in total. The molecule has 0 radical (unpaired) electrons. The van der Waals surface area contributed by atoms with Gasteiger partial charge in [0.25, 0.3) is 0 Å². The topological polar surface area (TPSA) is 74.2 Å². The zero-order valence-electron chi connectivity index (χ0n) is 14.1. The Bertz CT molecular complexity index is 313. The van der Waals surface area contributed by atoms with Crippen molar-refractivity contribution in [2.24, 2.45) is 0 Å². The average molecular weight is 324 g/mol. The highest BCUT2D eigenvalue weighted by atomic mass is 31.2. The number of phosphoric ester groups is 1. The van der Waals surface area contributed by atoms with E-state index in [9.17, 15) is 9.46 Å². The lowest BCUT2D eigenvalue weighted by Crippen LogP contribution is -2.24. The Kier molecular flexibility index (Phi) is 10.8. The van der Waals surface area contributed by atoms with Gasteiger partial charge in [0.2, 0.25) is 0 Å². The molecule has 1 unspecified atom stereocenters. The van der Waals surface area contributed by atoms with Gasteiger partial charge >= 0.3 is 7.82 Å². The third-order valence-electron chi connectivity index (χ3n) is 2.70. The van der Waals surface area contributed by atoms with E-state index in [2.05, 4.69) is 0 Å². The van der Waals surface area contributed by atoms with Crippen LogP contribution < -0.4 is 0 Å². The first-order valence-corrected chi connectivity index (χ1v) is 9.12. The first-order chi connectivity index (χ1) is 9.70. The SMILES string of the molecule is BC[C@H](COC(C)C)OP(=O)(O)OC[C@@H](CC)OC(C)C. The monoisotopic (exact) mass is 324 g/mol. The Morgan fingerprint density at radius 2 is 1.71 bits per heavy atom. The lowest BCUT2D eigenvalue weighted by atomic mass is 10.0. The first kappa shape index (κ1) is 21.1. The van der Waals surface area contributed by atoms with E-state index in [0.717, 1.165) is 0 Å². The summed E-state index contributed by atoms with van der Waals surface area (Å²) in [5.74, 6) is 0. The van der Waals surface area contributed by atoms with Crippen LogP contribution in [-0.2, 0) is 23.1 Å². The van der Waals surface area contributed by atoms with Crippen LogP contribution in [0.4, 0.5) is 0 Å². The van der Waals surface area contributed by atoms with Crippen molar-refractivity contribution in [3.05, 3.63) is 0 Å². The largest absolute Gasteiger partial charge is 0.472 e. The summed E-state index contributed by atoms with van der Waals surface area (Å²) in [5.41, 5.74) is 0. The molecule has 0 aliphatic rings. The maximum Gasteiger partial charge on any atom is 0.472 e. The molecule has 0 heterocycles. The summed E-state index contributed by atoms with van der Waals surface area (Å²) in [6.07, 6.45) is 0.674. The molecule has 0 aliphatic heterocycles. The molecular weight excluding hydrogens is 294 g/mol. The van der Waals surface area contributed by atoms with Crippen LogP contribution in [0.5, 0.6) is 0 Å². The van der Waals surface area contributed by atoms with Gasteiger partial charge in [-0.1, -0.05) is 13.2 Å². The van der Waals surface area contributed by atoms with Gasteiger partial charge < -0.3 is 14.4 Å². The molecule has 21 heavy (non-hydrogen) atoms. The second kappa shape index (κ2) is 10.8. The number of hydrogen-bond acceptors (Lipinski definition) is 5. The van der Waals surface area contributed by atoms with E-state index in [4.69, 9.17) is 18.5 Å². The minimum Gasteiger partial charge on any atom is -0.376 e. The molecular formula is C13H30BO6P. The molecule has 1 N–H and O–H groups in total. The van der Waals surface area contributed by atoms with Crippen LogP contribution in [0.2, 0.25) is 6.32 Å². The quantitative estimate of drug-likeness (QED) is 0.438. The van der Waals surface area contributed by atoms with Crippen LogP contribution in [0, 0.1) is 0 Å². The third kappa shape index (κ3) is 11.3. The Balaban J connectivity index is 4.29. The van der Waals surface area contributed by atoms with E-state index in [1.807, 2.05) is 42.5 Å². The van der Waals surface area contributed by atoms with Crippen molar-refractivity contribution in [2.45, 2.75) is 71.8 Å². The summed E-state index contributed by atoms with van der Waals surface area (Å²) < 4.78 is 33.1. The smallest absolute Gasteiger partial charge is 0.376 e. The minimum atomic E-state index is -4.10. The third-order valence-corrected chi connectivity index (χ3v) is 3.74. The van der Waals surface area contributed by atoms with Crippen LogP contribution in [0.3, 0.4) is 0 Å². The molecule has 0 bridgehead atoms. The van der Waals surface area contributed by atoms with Crippen molar-refractivity contribution in [2.75, 3.05) is 13.2 Å². The summed E-state index contributed by atoms with van der Waals surface area (Å²) in [4.78, 5) is 9.76. The molecule has 0 aromatic heterocycles. The van der Waals surface area contributed by atoms with Crippen LogP contribution in [0.25, 0.3) is 0 Å². The van der Waals surface area contributed by atoms with Gasteiger partial charge in [-0.25, -0.2) is 4.57 Å². The second-order valence-electron chi connectivity index (χ2n) is 5.50. The molecule has 0 aliphatic carbocycles. The molecule has 8 heteroatoms. The fourth-order valence-corrected chi connectivity index (χ4v) is 2.56. The van der Waals surface area contributed by atoms with Crippen molar-refractivity contribution in [3.8, 4) is 0 Å². The maximum absolute atomic E-state index is 11.9. The molecule has 0 spiro atoms. The van der Waals surface area contributed by atoms with E-state index in [0.29, 0.717) is 12.7 Å². The van der Waals surface area contributed by atoms with Crippen molar-refractivity contribution in [1.29, 1.82) is 0 Å². The maximum atomic E-state index is 11.9. The van der Waals surface area contributed by atoms with E-state index >= 15 is 0 Å². The number of phosphoric acid groups is 1. The fraction of sp³-hybridized carbons (Fsp3) is 1.00. The zero-order valence-corrected chi connectivity index (χ0v) is 15.0. The molecule has 0 fully saturated rings. The molecule has 126 valence electrons. The molecule has 0 saturated heterocycles.